The fraction of sp³-hybridized carbons (Fsp3) is 0.407. The number of anilines is 1. The van der Waals surface area contributed by atoms with Gasteiger partial charge in [0.2, 0.25) is 0 Å². The molecule has 4 N–H and O–H groups in total. The van der Waals surface area contributed by atoms with Crippen LogP contribution in [0, 0.1) is 0 Å². The number of hydrogen-bond acceptors (Lipinski definition) is 7. The molecule has 0 amide bonds. The maximum atomic E-state index is 10.1. The van der Waals surface area contributed by atoms with Crippen LogP contribution in [0.25, 0.3) is 12.2 Å². The van der Waals surface area contributed by atoms with Crippen LogP contribution in [0.1, 0.15) is 55.2 Å². The van der Waals surface area contributed by atoms with Gasteiger partial charge in [0.05, 0.1) is 18.0 Å². The van der Waals surface area contributed by atoms with Gasteiger partial charge in [0, 0.05) is 17.8 Å². The van der Waals surface area contributed by atoms with Crippen molar-refractivity contribution in [2.24, 2.45) is 4.99 Å². The smallest absolute Gasteiger partial charge is 0.150 e. The quantitative estimate of drug-likeness (QED) is 0.275. The highest BCUT2D eigenvalue weighted by Gasteiger charge is 2.22. The van der Waals surface area contributed by atoms with Gasteiger partial charge in [-0.2, -0.15) is 0 Å². The van der Waals surface area contributed by atoms with E-state index in [2.05, 4.69) is 63.6 Å². The summed E-state index contributed by atoms with van der Waals surface area (Å²) in [5.41, 5.74) is 6.57. The molecule has 7 nitrogen and oxygen atoms in total. The number of rotatable bonds is 8. The molecule has 0 radical (unpaired) electrons. The lowest BCUT2D eigenvalue weighted by Gasteiger charge is -2.28. The highest BCUT2D eigenvalue weighted by Crippen LogP contribution is 2.18. The van der Waals surface area contributed by atoms with E-state index in [1.54, 1.807) is 0 Å². The lowest BCUT2D eigenvalue weighted by Crippen LogP contribution is -2.43. The van der Waals surface area contributed by atoms with Crippen LogP contribution in [-0.2, 0) is 11.3 Å². The van der Waals surface area contributed by atoms with Crippen molar-refractivity contribution in [2.75, 3.05) is 18.8 Å². The molecular weight excluding hydrogens is 426 g/mol. The molecule has 34 heavy (non-hydrogen) atoms. The van der Waals surface area contributed by atoms with Gasteiger partial charge in [0.1, 0.15) is 12.6 Å². The summed E-state index contributed by atoms with van der Waals surface area (Å²) in [6.45, 7) is 1.04. The standard InChI is InChI=1S/C27H33N5O2/c33-25-9-4-3-8-24(25)30-18-34-32-26-17-21(22-6-1-2-7-23(22)31-26)16-19-10-12-20(13-11-19)27-28-14-5-15-29-27/h5-7,10-14,17,24-25,30,33H,1-4,8-9,15-16,18H2,(H,28,29)(H,31,32). The SMILES string of the molecule is OC1CCCCC1NCONc1cc(Cc2ccc(C3=NCC=CN3)cc2)c2c(n1)=CCCC=2. The van der Waals surface area contributed by atoms with Gasteiger partial charge in [-0.3, -0.25) is 15.1 Å². The number of aliphatic hydroxyl groups excluding tert-OH is 1. The first-order chi connectivity index (χ1) is 16.8. The van der Waals surface area contributed by atoms with Gasteiger partial charge in [-0.15, -0.1) is 0 Å². The van der Waals surface area contributed by atoms with Gasteiger partial charge < -0.3 is 10.4 Å². The van der Waals surface area contributed by atoms with Crippen LogP contribution in [0.15, 0.2) is 47.6 Å². The van der Waals surface area contributed by atoms with E-state index in [0.717, 1.165) is 61.7 Å². The predicted molar refractivity (Wildman–Crippen MR) is 136 cm³/mol. The molecule has 2 aliphatic carbocycles. The van der Waals surface area contributed by atoms with Crippen molar-refractivity contribution in [3.63, 3.8) is 0 Å². The number of amidine groups is 1. The third-order valence-electron chi connectivity index (χ3n) is 6.67. The van der Waals surface area contributed by atoms with Crippen molar-refractivity contribution < 1.29 is 9.94 Å². The number of hydrogen-bond donors (Lipinski definition) is 4. The van der Waals surface area contributed by atoms with Crippen molar-refractivity contribution in [3.8, 4) is 0 Å². The highest BCUT2D eigenvalue weighted by atomic mass is 16.7. The molecule has 0 spiro atoms. The van der Waals surface area contributed by atoms with E-state index < -0.39 is 0 Å². The maximum absolute atomic E-state index is 10.1. The molecule has 2 atom stereocenters. The maximum Gasteiger partial charge on any atom is 0.150 e. The van der Waals surface area contributed by atoms with Crippen LogP contribution in [0.3, 0.4) is 0 Å². The molecule has 0 bridgehead atoms. The second-order valence-electron chi connectivity index (χ2n) is 9.11. The number of fused-ring (bicyclic) bond motifs is 1. The Morgan fingerprint density at radius 2 is 1.94 bits per heavy atom. The molecule has 178 valence electrons. The van der Waals surface area contributed by atoms with Crippen LogP contribution in [0.2, 0.25) is 0 Å². The second-order valence-corrected chi connectivity index (χ2v) is 9.11. The van der Waals surface area contributed by atoms with Crippen LogP contribution in [0.5, 0.6) is 0 Å². The Balaban J connectivity index is 1.26. The summed E-state index contributed by atoms with van der Waals surface area (Å²) in [5.74, 6) is 1.62. The Kier molecular flexibility index (Phi) is 7.34. The number of nitrogens with zero attached hydrogens (tertiary/aromatic N) is 2. The molecule has 5 rings (SSSR count). The normalized spacial score (nSPS) is 21.5. The first-order valence-corrected chi connectivity index (χ1v) is 12.3. The number of aromatic nitrogens is 1. The number of aliphatic hydroxyl groups is 1. The van der Waals surface area contributed by atoms with Gasteiger partial charge in [-0.05, 0) is 60.6 Å². The molecule has 1 saturated carbocycles. The van der Waals surface area contributed by atoms with Gasteiger partial charge in [0.15, 0.2) is 5.82 Å². The van der Waals surface area contributed by atoms with Crippen LogP contribution in [-0.4, -0.2) is 41.3 Å². The molecule has 2 unspecified atom stereocenters. The Morgan fingerprint density at radius 1 is 1.09 bits per heavy atom. The van der Waals surface area contributed by atoms with E-state index in [1.807, 2.05) is 12.3 Å². The molecule has 1 aromatic carbocycles. The molecule has 1 fully saturated rings. The van der Waals surface area contributed by atoms with Crippen molar-refractivity contribution in [1.82, 2.24) is 15.6 Å². The minimum atomic E-state index is -0.292. The van der Waals surface area contributed by atoms with Crippen LogP contribution >= 0.6 is 0 Å². The third-order valence-corrected chi connectivity index (χ3v) is 6.67. The Morgan fingerprint density at radius 3 is 2.76 bits per heavy atom. The molecule has 3 aliphatic rings. The second kappa shape index (κ2) is 11.0. The van der Waals surface area contributed by atoms with E-state index in [-0.39, 0.29) is 12.1 Å². The fourth-order valence-corrected chi connectivity index (χ4v) is 4.83. The zero-order valence-corrected chi connectivity index (χ0v) is 19.5. The van der Waals surface area contributed by atoms with Crippen molar-refractivity contribution >= 4 is 23.8 Å². The fourth-order valence-electron chi connectivity index (χ4n) is 4.83. The zero-order chi connectivity index (χ0) is 23.2. The Labute approximate surface area is 200 Å². The van der Waals surface area contributed by atoms with Gasteiger partial charge in [-0.1, -0.05) is 49.3 Å². The molecule has 2 heterocycles. The average Bonchev–Trinajstić information content (AvgIpc) is 2.89. The number of benzene rings is 1. The average molecular weight is 460 g/mol. The summed E-state index contributed by atoms with van der Waals surface area (Å²) in [5, 5.41) is 18.8. The summed E-state index contributed by atoms with van der Waals surface area (Å²) < 4.78 is 0. The van der Waals surface area contributed by atoms with E-state index in [9.17, 15) is 5.11 Å². The van der Waals surface area contributed by atoms with Crippen LogP contribution in [0.4, 0.5) is 5.82 Å². The summed E-state index contributed by atoms with van der Waals surface area (Å²) in [4.78, 5) is 14.9. The summed E-state index contributed by atoms with van der Waals surface area (Å²) in [6, 6.07) is 10.8. The number of pyridine rings is 1. The van der Waals surface area contributed by atoms with Crippen molar-refractivity contribution in [2.45, 2.75) is 57.1 Å². The molecule has 7 heteroatoms. The third kappa shape index (κ3) is 5.55. The van der Waals surface area contributed by atoms with Gasteiger partial charge in [-0.25, -0.2) is 10.5 Å². The molecule has 1 aliphatic heterocycles. The first-order valence-electron chi connectivity index (χ1n) is 12.3. The minimum Gasteiger partial charge on any atom is -0.392 e. The summed E-state index contributed by atoms with van der Waals surface area (Å²) >= 11 is 0. The zero-order valence-electron chi connectivity index (χ0n) is 19.5. The lowest BCUT2D eigenvalue weighted by molar-refractivity contribution is 0.0645. The van der Waals surface area contributed by atoms with Crippen molar-refractivity contribution in [1.29, 1.82) is 0 Å². The molecule has 2 aromatic rings. The van der Waals surface area contributed by atoms with E-state index in [1.165, 1.54) is 16.3 Å². The summed E-state index contributed by atoms with van der Waals surface area (Å²) in [7, 11) is 0. The van der Waals surface area contributed by atoms with E-state index in [4.69, 9.17) is 9.82 Å². The Hall–Kier alpha value is -3.00. The lowest BCUT2D eigenvalue weighted by atomic mass is 9.93. The monoisotopic (exact) mass is 459 g/mol. The van der Waals surface area contributed by atoms with Gasteiger partial charge >= 0.3 is 0 Å². The van der Waals surface area contributed by atoms with Gasteiger partial charge in [0.25, 0.3) is 0 Å². The van der Waals surface area contributed by atoms with E-state index in [0.29, 0.717) is 19.1 Å². The Bertz CT molecular complexity index is 1170. The predicted octanol–water partition coefficient (Wildman–Crippen LogP) is 2.08. The largest absolute Gasteiger partial charge is 0.392 e. The first kappa shape index (κ1) is 22.8. The summed E-state index contributed by atoms with van der Waals surface area (Å²) in [6.07, 6.45) is 15.1. The molecule has 1 aromatic heterocycles. The van der Waals surface area contributed by atoms with E-state index >= 15 is 0 Å². The molecule has 0 saturated heterocycles. The molecular formula is C27H33N5O2. The van der Waals surface area contributed by atoms with Crippen LogP contribution < -0.4 is 26.7 Å². The topological polar surface area (TPSA) is 90.8 Å². The number of nitrogens with one attached hydrogen (secondary N) is 3. The number of aliphatic imine (C=N–C) groups is 1. The highest BCUT2D eigenvalue weighted by molar-refractivity contribution is 5.99. The minimum absolute atomic E-state index is 0.0966. The van der Waals surface area contributed by atoms with Crippen molar-refractivity contribution in [3.05, 3.63) is 69.9 Å².